The highest BCUT2D eigenvalue weighted by Crippen LogP contribution is 2.39. The van der Waals surface area contributed by atoms with Gasteiger partial charge in [0.25, 0.3) is 0 Å². The fourth-order valence-electron chi connectivity index (χ4n) is 1.18. The zero-order chi connectivity index (χ0) is 11.5. The van der Waals surface area contributed by atoms with Crippen LogP contribution in [0.3, 0.4) is 0 Å². The molecule has 0 spiro atoms. The summed E-state index contributed by atoms with van der Waals surface area (Å²) in [5.41, 5.74) is 6.55. The Labute approximate surface area is 108 Å². The summed E-state index contributed by atoms with van der Waals surface area (Å²) in [6.07, 6.45) is 3.13. The number of aromatic nitrogens is 1. The van der Waals surface area contributed by atoms with E-state index in [1.54, 1.807) is 12.4 Å². The number of nitrogens with two attached hydrogens (primary N) is 1. The van der Waals surface area contributed by atoms with Gasteiger partial charge in [0.05, 0.1) is 14.9 Å². The number of nitrogens with zero attached hydrogens (tertiary/aromatic N) is 1. The van der Waals surface area contributed by atoms with Crippen molar-refractivity contribution in [2.45, 2.75) is 9.79 Å². The summed E-state index contributed by atoms with van der Waals surface area (Å²) in [5.74, 6) is 0. The molecule has 0 radical (unpaired) electrons. The number of rotatable bonds is 2. The van der Waals surface area contributed by atoms with E-state index in [4.69, 9.17) is 28.9 Å². The van der Waals surface area contributed by atoms with Crippen molar-refractivity contribution in [2.24, 2.45) is 0 Å². The van der Waals surface area contributed by atoms with Gasteiger partial charge in [-0.1, -0.05) is 47.1 Å². The summed E-state index contributed by atoms with van der Waals surface area (Å²) in [7, 11) is 0. The first-order valence-corrected chi connectivity index (χ1v) is 6.07. The number of halogens is 2. The fourth-order valence-corrected chi connectivity index (χ4v) is 2.63. The third-order valence-corrected chi connectivity index (χ3v) is 3.97. The van der Waals surface area contributed by atoms with E-state index in [2.05, 4.69) is 4.98 Å². The maximum Gasteiger partial charge on any atom is 0.0743 e. The minimum absolute atomic E-state index is 0.528. The summed E-state index contributed by atoms with van der Waals surface area (Å²) in [6, 6.07) is 7.56. The van der Waals surface area contributed by atoms with Gasteiger partial charge in [0.15, 0.2) is 0 Å². The van der Waals surface area contributed by atoms with Gasteiger partial charge in [-0.2, -0.15) is 0 Å². The van der Waals surface area contributed by atoms with E-state index in [0.29, 0.717) is 15.7 Å². The molecule has 0 amide bonds. The molecule has 0 fully saturated rings. The smallest absolute Gasteiger partial charge is 0.0743 e. The van der Waals surface area contributed by atoms with Gasteiger partial charge in [0, 0.05) is 23.0 Å². The van der Waals surface area contributed by atoms with E-state index in [0.717, 1.165) is 9.79 Å². The number of hydrogen-bond acceptors (Lipinski definition) is 3. The van der Waals surface area contributed by atoms with Gasteiger partial charge >= 0.3 is 0 Å². The second kappa shape index (κ2) is 4.95. The summed E-state index contributed by atoms with van der Waals surface area (Å²) in [5, 5.41) is 1.06. The molecule has 0 saturated carbocycles. The van der Waals surface area contributed by atoms with Crippen LogP contribution in [-0.2, 0) is 0 Å². The number of anilines is 1. The third-order valence-electron chi connectivity index (χ3n) is 1.94. The van der Waals surface area contributed by atoms with Crippen LogP contribution in [0.4, 0.5) is 5.69 Å². The lowest BCUT2D eigenvalue weighted by Crippen LogP contribution is -1.88. The number of benzene rings is 1. The Morgan fingerprint density at radius 3 is 2.31 bits per heavy atom. The van der Waals surface area contributed by atoms with Crippen LogP contribution in [0.25, 0.3) is 0 Å². The van der Waals surface area contributed by atoms with Crippen LogP contribution in [0.5, 0.6) is 0 Å². The van der Waals surface area contributed by atoms with Gasteiger partial charge in [0.2, 0.25) is 0 Å². The standard InChI is InChI=1S/C11H8Cl2N2S/c12-7-5-15-6-8(13)11(7)16-10-4-2-1-3-9(10)14/h1-6H,14H2. The molecule has 0 aliphatic carbocycles. The molecule has 5 heteroatoms. The first-order chi connectivity index (χ1) is 7.68. The third kappa shape index (κ3) is 2.43. The highest BCUT2D eigenvalue weighted by Gasteiger charge is 2.09. The molecule has 2 rings (SSSR count). The monoisotopic (exact) mass is 270 g/mol. The maximum absolute atomic E-state index is 6.02. The summed E-state index contributed by atoms with van der Waals surface area (Å²) in [6.45, 7) is 0. The average molecular weight is 271 g/mol. The van der Waals surface area contributed by atoms with Gasteiger partial charge in [-0.05, 0) is 12.1 Å². The van der Waals surface area contributed by atoms with Crippen molar-refractivity contribution in [1.82, 2.24) is 4.98 Å². The average Bonchev–Trinajstić information content (AvgIpc) is 2.26. The Morgan fingerprint density at radius 1 is 1.06 bits per heavy atom. The van der Waals surface area contributed by atoms with Crippen LogP contribution in [0.15, 0.2) is 46.5 Å². The highest BCUT2D eigenvalue weighted by atomic mass is 35.5. The first kappa shape index (κ1) is 11.6. The predicted molar refractivity (Wildman–Crippen MR) is 69.2 cm³/mol. The molecule has 0 unspecified atom stereocenters. The SMILES string of the molecule is Nc1ccccc1Sc1c(Cl)cncc1Cl. The van der Waals surface area contributed by atoms with Crippen LogP contribution < -0.4 is 5.73 Å². The molecule has 1 aromatic heterocycles. The normalized spacial score (nSPS) is 10.4. The number of nitrogen functional groups attached to an aromatic ring is 1. The van der Waals surface area contributed by atoms with Gasteiger partial charge in [-0.25, -0.2) is 0 Å². The van der Waals surface area contributed by atoms with Crippen molar-refractivity contribution in [3.63, 3.8) is 0 Å². The van der Waals surface area contributed by atoms with E-state index < -0.39 is 0 Å². The van der Waals surface area contributed by atoms with Crippen LogP contribution in [0.1, 0.15) is 0 Å². The first-order valence-electron chi connectivity index (χ1n) is 4.50. The van der Waals surface area contributed by atoms with Crippen molar-refractivity contribution in [3.8, 4) is 0 Å². The minimum Gasteiger partial charge on any atom is -0.398 e. The Morgan fingerprint density at radius 2 is 1.69 bits per heavy atom. The number of hydrogen-bond donors (Lipinski definition) is 1. The Hall–Kier alpha value is -0.900. The lowest BCUT2D eigenvalue weighted by Gasteiger charge is -2.07. The van der Waals surface area contributed by atoms with Crippen LogP contribution >= 0.6 is 35.0 Å². The molecular weight excluding hydrogens is 263 g/mol. The number of para-hydroxylation sites is 1. The molecule has 0 bridgehead atoms. The highest BCUT2D eigenvalue weighted by molar-refractivity contribution is 7.99. The fraction of sp³-hybridized carbons (Fsp3) is 0. The van der Waals surface area contributed by atoms with E-state index in [-0.39, 0.29) is 0 Å². The van der Waals surface area contributed by atoms with E-state index in [1.165, 1.54) is 11.8 Å². The molecule has 1 heterocycles. The van der Waals surface area contributed by atoms with Gasteiger partial charge < -0.3 is 5.73 Å². The zero-order valence-electron chi connectivity index (χ0n) is 8.15. The van der Waals surface area contributed by atoms with Crippen molar-refractivity contribution < 1.29 is 0 Å². The molecule has 0 saturated heterocycles. The summed E-state index contributed by atoms with van der Waals surface area (Å²) in [4.78, 5) is 5.60. The van der Waals surface area contributed by atoms with E-state index in [1.807, 2.05) is 24.3 Å². The largest absolute Gasteiger partial charge is 0.398 e. The maximum atomic E-state index is 6.02. The Kier molecular flexibility index (Phi) is 3.59. The van der Waals surface area contributed by atoms with E-state index in [9.17, 15) is 0 Å². The van der Waals surface area contributed by atoms with Gasteiger partial charge in [-0.15, -0.1) is 0 Å². The van der Waals surface area contributed by atoms with Crippen LogP contribution in [0.2, 0.25) is 10.0 Å². The summed E-state index contributed by atoms with van der Waals surface area (Å²) >= 11 is 13.5. The summed E-state index contributed by atoms with van der Waals surface area (Å²) < 4.78 is 0. The second-order valence-corrected chi connectivity index (χ2v) is 4.94. The van der Waals surface area contributed by atoms with Crippen molar-refractivity contribution in [2.75, 3.05) is 5.73 Å². The molecular formula is C11H8Cl2N2S. The van der Waals surface area contributed by atoms with Crippen LogP contribution in [0, 0.1) is 0 Å². The second-order valence-electron chi connectivity index (χ2n) is 3.07. The van der Waals surface area contributed by atoms with Crippen molar-refractivity contribution in [1.29, 1.82) is 0 Å². The minimum atomic E-state index is 0.528. The van der Waals surface area contributed by atoms with Crippen molar-refractivity contribution in [3.05, 3.63) is 46.7 Å². The Bertz CT molecular complexity index is 497. The molecule has 2 N–H and O–H groups in total. The molecule has 1 aromatic carbocycles. The van der Waals surface area contributed by atoms with Gasteiger partial charge in [-0.3, -0.25) is 4.98 Å². The Balaban J connectivity index is 2.38. The topological polar surface area (TPSA) is 38.9 Å². The molecule has 0 atom stereocenters. The molecule has 82 valence electrons. The molecule has 2 aromatic rings. The van der Waals surface area contributed by atoms with Crippen LogP contribution in [-0.4, -0.2) is 4.98 Å². The lowest BCUT2D eigenvalue weighted by molar-refractivity contribution is 1.26. The van der Waals surface area contributed by atoms with E-state index >= 15 is 0 Å². The lowest BCUT2D eigenvalue weighted by atomic mass is 10.3. The molecule has 16 heavy (non-hydrogen) atoms. The molecule has 2 nitrogen and oxygen atoms in total. The quantitative estimate of drug-likeness (QED) is 0.835. The zero-order valence-corrected chi connectivity index (χ0v) is 10.5. The molecule has 0 aliphatic heterocycles. The van der Waals surface area contributed by atoms with Gasteiger partial charge in [0.1, 0.15) is 0 Å². The number of pyridine rings is 1. The predicted octanol–water partition coefficient (Wildman–Crippen LogP) is 4.12. The van der Waals surface area contributed by atoms with Crippen molar-refractivity contribution >= 4 is 40.7 Å². The molecule has 0 aliphatic rings.